The molecule has 170 valence electrons. The number of rotatable bonds is 5. The molecule has 1 aliphatic heterocycles. The van der Waals surface area contributed by atoms with E-state index in [1.165, 1.54) is 32.4 Å². The SMILES string of the molecule is COc1ccc(S(=O)(=O)N2CCC(C)CC2)cc1C(=O)NC12CC3CC(CC(C3)C1)C2. The van der Waals surface area contributed by atoms with Gasteiger partial charge in [-0.05, 0) is 93.2 Å². The molecule has 0 unspecified atom stereocenters. The minimum atomic E-state index is -3.62. The van der Waals surface area contributed by atoms with Gasteiger partial charge in [-0.25, -0.2) is 8.42 Å². The van der Waals surface area contributed by atoms with Crippen molar-refractivity contribution in [3.8, 4) is 5.75 Å². The molecule has 6 rings (SSSR count). The zero-order chi connectivity index (χ0) is 21.8. The molecular formula is C24H34N2O4S. The Balaban J connectivity index is 1.40. The number of carbonyl (C=O) groups excluding carboxylic acids is 1. The second kappa shape index (κ2) is 7.77. The lowest BCUT2D eigenvalue weighted by Gasteiger charge is -2.56. The van der Waals surface area contributed by atoms with E-state index in [4.69, 9.17) is 4.74 Å². The number of methoxy groups -OCH3 is 1. The molecule has 1 aromatic rings. The van der Waals surface area contributed by atoms with Gasteiger partial charge in [0.2, 0.25) is 10.0 Å². The number of carbonyl (C=O) groups is 1. The van der Waals surface area contributed by atoms with E-state index >= 15 is 0 Å². The van der Waals surface area contributed by atoms with E-state index in [0.717, 1.165) is 49.9 Å². The topological polar surface area (TPSA) is 75.7 Å². The van der Waals surface area contributed by atoms with Crippen LogP contribution in [0.5, 0.6) is 5.75 Å². The van der Waals surface area contributed by atoms with Crippen LogP contribution in [-0.2, 0) is 10.0 Å². The molecule has 0 radical (unpaired) electrons. The van der Waals surface area contributed by atoms with E-state index in [1.807, 2.05) is 0 Å². The Morgan fingerprint density at radius 3 is 2.19 bits per heavy atom. The molecule has 4 saturated carbocycles. The highest BCUT2D eigenvalue weighted by molar-refractivity contribution is 7.89. The van der Waals surface area contributed by atoms with E-state index in [9.17, 15) is 13.2 Å². The molecule has 4 bridgehead atoms. The summed E-state index contributed by atoms with van der Waals surface area (Å²) in [6.07, 6.45) is 8.82. The number of hydrogen-bond donors (Lipinski definition) is 1. The highest BCUT2D eigenvalue weighted by Crippen LogP contribution is 2.55. The monoisotopic (exact) mass is 446 g/mol. The van der Waals surface area contributed by atoms with Crippen LogP contribution in [0.4, 0.5) is 0 Å². The van der Waals surface area contributed by atoms with Gasteiger partial charge >= 0.3 is 0 Å². The maximum Gasteiger partial charge on any atom is 0.255 e. The van der Waals surface area contributed by atoms with Crippen molar-refractivity contribution in [3.63, 3.8) is 0 Å². The maximum absolute atomic E-state index is 13.4. The fourth-order valence-electron chi connectivity index (χ4n) is 6.97. The first-order valence-electron chi connectivity index (χ1n) is 11.8. The average Bonchev–Trinajstić information content (AvgIpc) is 2.72. The van der Waals surface area contributed by atoms with Crippen LogP contribution >= 0.6 is 0 Å². The zero-order valence-electron chi connectivity index (χ0n) is 18.6. The summed E-state index contributed by atoms with van der Waals surface area (Å²) in [7, 11) is -2.10. The van der Waals surface area contributed by atoms with E-state index in [0.29, 0.717) is 30.3 Å². The van der Waals surface area contributed by atoms with Gasteiger partial charge < -0.3 is 10.1 Å². The van der Waals surface area contributed by atoms with Crippen LogP contribution < -0.4 is 10.1 Å². The zero-order valence-corrected chi connectivity index (χ0v) is 19.4. The molecule has 1 saturated heterocycles. The summed E-state index contributed by atoms with van der Waals surface area (Å²) in [6.45, 7) is 3.22. The predicted molar refractivity (Wildman–Crippen MR) is 119 cm³/mol. The lowest BCUT2D eigenvalue weighted by molar-refractivity contribution is -0.0167. The van der Waals surface area contributed by atoms with E-state index in [1.54, 1.807) is 16.4 Å². The molecule has 1 amide bonds. The van der Waals surface area contributed by atoms with Gasteiger partial charge in [0.25, 0.3) is 5.91 Å². The minimum Gasteiger partial charge on any atom is -0.496 e. The Hall–Kier alpha value is -1.60. The molecule has 5 fully saturated rings. The molecular weight excluding hydrogens is 412 g/mol. The fraction of sp³-hybridized carbons (Fsp3) is 0.708. The number of nitrogens with one attached hydrogen (secondary N) is 1. The van der Waals surface area contributed by atoms with E-state index < -0.39 is 10.0 Å². The third-order valence-corrected chi connectivity index (χ3v) is 10.1. The van der Waals surface area contributed by atoms with Crippen molar-refractivity contribution in [3.05, 3.63) is 23.8 Å². The molecule has 5 aliphatic rings. The van der Waals surface area contributed by atoms with Crippen LogP contribution in [0, 0.1) is 23.7 Å². The Bertz CT molecular complexity index is 931. The van der Waals surface area contributed by atoms with Crippen LogP contribution in [0.1, 0.15) is 68.6 Å². The Kier molecular flexibility index (Phi) is 5.32. The molecule has 1 heterocycles. The molecule has 4 aliphatic carbocycles. The number of nitrogens with zero attached hydrogens (tertiary/aromatic N) is 1. The summed E-state index contributed by atoms with van der Waals surface area (Å²) in [6, 6.07) is 4.70. The predicted octanol–water partition coefficient (Wildman–Crippen LogP) is 3.81. The number of amides is 1. The first kappa shape index (κ1) is 21.3. The second-order valence-corrected chi connectivity index (χ2v) is 12.5. The van der Waals surface area contributed by atoms with Crippen molar-refractivity contribution < 1.29 is 17.9 Å². The van der Waals surface area contributed by atoms with E-state index in [-0.39, 0.29) is 16.3 Å². The number of ether oxygens (including phenoxy) is 1. The van der Waals surface area contributed by atoms with Crippen molar-refractivity contribution in [2.75, 3.05) is 20.2 Å². The van der Waals surface area contributed by atoms with Crippen molar-refractivity contribution in [1.82, 2.24) is 9.62 Å². The van der Waals surface area contributed by atoms with Gasteiger partial charge in [-0.2, -0.15) is 4.31 Å². The average molecular weight is 447 g/mol. The van der Waals surface area contributed by atoms with Crippen molar-refractivity contribution in [1.29, 1.82) is 0 Å². The quantitative estimate of drug-likeness (QED) is 0.746. The number of piperidine rings is 1. The van der Waals surface area contributed by atoms with Crippen molar-refractivity contribution >= 4 is 15.9 Å². The molecule has 0 aromatic heterocycles. The Morgan fingerprint density at radius 1 is 1.06 bits per heavy atom. The van der Waals surface area contributed by atoms with Crippen LogP contribution in [0.3, 0.4) is 0 Å². The molecule has 31 heavy (non-hydrogen) atoms. The molecule has 1 aromatic carbocycles. The summed E-state index contributed by atoms with van der Waals surface area (Å²) in [5.41, 5.74) is 0.194. The first-order chi connectivity index (χ1) is 14.8. The van der Waals surface area contributed by atoms with Gasteiger partial charge in [0.15, 0.2) is 0 Å². The number of hydrogen-bond acceptors (Lipinski definition) is 4. The molecule has 7 heteroatoms. The minimum absolute atomic E-state index is 0.130. The van der Waals surface area contributed by atoms with Gasteiger partial charge in [-0.15, -0.1) is 0 Å². The van der Waals surface area contributed by atoms with E-state index in [2.05, 4.69) is 12.2 Å². The van der Waals surface area contributed by atoms with Crippen LogP contribution in [0.2, 0.25) is 0 Å². The number of sulfonamides is 1. The first-order valence-corrected chi connectivity index (χ1v) is 13.2. The normalized spacial score (nSPS) is 33.4. The Morgan fingerprint density at radius 2 is 1.65 bits per heavy atom. The smallest absolute Gasteiger partial charge is 0.255 e. The Labute approximate surface area is 185 Å². The van der Waals surface area contributed by atoms with Crippen molar-refractivity contribution in [2.24, 2.45) is 23.7 Å². The van der Waals surface area contributed by atoms with Crippen LogP contribution in [-0.4, -0.2) is 44.4 Å². The maximum atomic E-state index is 13.4. The highest BCUT2D eigenvalue weighted by atomic mass is 32.2. The largest absolute Gasteiger partial charge is 0.496 e. The fourth-order valence-corrected chi connectivity index (χ4v) is 8.47. The summed E-state index contributed by atoms with van der Waals surface area (Å²) in [5.74, 6) is 2.94. The van der Waals surface area contributed by atoms with Crippen LogP contribution in [0.25, 0.3) is 0 Å². The summed E-state index contributed by atoms with van der Waals surface area (Å²) in [5, 5.41) is 3.35. The molecule has 6 nitrogen and oxygen atoms in total. The standard InChI is InChI=1S/C24H34N2O4S/c1-16-5-7-26(8-6-16)31(28,29)20-3-4-22(30-2)21(12-20)23(27)25-24-13-17-9-18(14-24)11-19(10-17)15-24/h3-4,12,16-19H,5-11,13-15H2,1-2H3,(H,25,27). The van der Waals surface area contributed by atoms with Gasteiger partial charge in [-0.1, -0.05) is 6.92 Å². The molecule has 0 spiro atoms. The third-order valence-electron chi connectivity index (χ3n) is 8.21. The lowest BCUT2D eigenvalue weighted by Crippen LogP contribution is -2.59. The molecule has 0 atom stereocenters. The highest BCUT2D eigenvalue weighted by Gasteiger charge is 2.51. The summed E-state index contributed by atoms with van der Waals surface area (Å²) >= 11 is 0. The van der Waals surface area contributed by atoms with Gasteiger partial charge in [0.05, 0.1) is 17.6 Å². The third kappa shape index (κ3) is 3.88. The summed E-state index contributed by atoms with van der Waals surface area (Å²) in [4.78, 5) is 13.6. The van der Waals surface area contributed by atoms with Gasteiger partial charge in [-0.3, -0.25) is 4.79 Å². The number of benzene rings is 1. The van der Waals surface area contributed by atoms with Crippen molar-refractivity contribution in [2.45, 2.75) is 68.7 Å². The lowest BCUT2D eigenvalue weighted by atomic mass is 9.53. The van der Waals surface area contributed by atoms with Crippen LogP contribution in [0.15, 0.2) is 23.1 Å². The van der Waals surface area contributed by atoms with Gasteiger partial charge in [0, 0.05) is 18.6 Å². The van der Waals surface area contributed by atoms with Gasteiger partial charge in [0.1, 0.15) is 5.75 Å². The summed E-state index contributed by atoms with van der Waals surface area (Å²) < 4.78 is 33.5. The molecule has 1 N–H and O–H groups in total. The second-order valence-electron chi connectivity index (χ2n) is 10.6.